The Kier molecular flexibility index (Phi) is 8.79. The third kappa shape index (κ3) is 6.21. The van der Waals surface area contributed by atoms with E-state index in [-0.39, 0.29) is 24.3 Å². The quantitative estimate of drug-likeness (QED) is 0.246. The Bertz CT molecular complexity index is 902. The standard InChI is InChI=1S/C25H33F2N3O4/c1-28(8-9-30-15-25(16-30)17-34-18-25)7-4-5-20(14-32)29(2)13-19(6-10-31)24-22(26)11-21(33-3)12-23(24)27/h4-5,7,10-12,14,19H,6,8-9,13,15-18H2,1-3H3/b7-4-,20-5+. The lowest BCUT2D eigenvalue weighted by Gasteiger charge is -2.55. The molecule has 0 aromatic heterocycles. The van der Waals surface area contributed by atoms with Crippen LogP contribution in [0, 0.1) is 17.0 Å². The summed E-state index contributed by atoms with van der Waals surface area (Å²) in [5.74, 6) is -2.27. The second-order valence-electron chi connectivity index (χ2n) is 9.22. The Morgan fingerprint density at radius 3 is 2.44 bits per heavy atom. The number of carbonyl (C=O) groups excluding carboxylic acids is 2. The maximum Gasteiger partial charge on any atom is 0.166 e. The van der Waals surface area contributed by atoms with Gasteiger partial charge in [0, 0.05) is 82.3 Å². The highest BCUT2D eigenvalue weighted by atomic mass is 19.1. The lowest BCUT2D eigenvalue weighted by Crippen LogP contribution is -2.66. The summed E-state index contributed by atoms with van der Waals surface area (Å²) in [6.45, 7) is 5.82. The highest BCUT2D eigenvalue weighted by molar-refractivity contribution is 5.72. The van der Waals surface area contributed by atoms with Crippen molar-refractivity contribution < 1.29 is 27.8 Å². The van der Waals surface area contributed by atoms with Gasteiger partial charge in [0.15, 0.2) is 6.29 Å². The number of ether oxygens (including phenoxy) is 2. The normalized spacial score (nSPS) is 18.3. The van der Waals surface area contributed by atoms with Crippen LogP contribution in [0.15, 0.2) is 36.2 Å². The number of methoxy groups -OCH3 is 1. The van der Waals surface area contributed by atoms with Crippen LogP contribution >= 0.6 is 0 Å². The monoisotopic (exact) mass is 477 g/mol. The summed E-state index contributed by atoms with van der Waals surface area (Å²) in [5, 5.41) is 0. The van der Waals surface area contributed by atoms with Crippen molar-refractivity contribution in [2.75, 3.05) is 67.1 Å². The molecule has 9 heteroatoms. The molecule has 0 bridgehead atoms. The minimum Gasteiger partial charge on any atom is -0.497 e. The summed E-state index contributed by atoms with van der Waals surface area (Å²) >= 11 is 0. The average Bonchev–Trinajstić information content (AvgIpc) is 2.74. The Hall–Kier alpha value is -2.78. The molecule has 2 aliphatic heterocycles. The van der Waals surface area contributed by atoms with Gasteiger partial charge in [-0.1, -0.05) is 0 Å². The van der Waals surface area contributed by atoms with E-state index in [9.17, 15) is 18.4 Å². The highest BCUT2D eigenvalue weighted by Crippen LogP contribution is 2.37. The van der Waals surface area contributed by atoms with Crippen LogP contribution < -0.4 is 4.74 Å². The lowest BCUT2D eigenvalue weighted by atomic mass is 9.78. The molecule has 34 heavy (non-hydrogen) atoms. The predicted octanol–water partition coefficient (Wildman–Crippen LogP) is 2.44. The molecular weight excluding hydrogens is 444 g/mol. The van der Waals surface area contributed by atoms with Gasteiger partial charge in [0.2, 0.25) is 0 Å². The molecule has 2 heterocycles. The van der Waals surface area contributed by atoms with Gasteiger partial charge in [-0.2, -0.15) is 0 Å². The number of likely N-dealkylation sites (N-methyl/N-ethyl adjacent to an activating group) is 2. The van der Waals surface area contributed by atoms with Crippen molar-refractivity contribution >= 4 is 12.6 Å². The molecule has 1 aromatic carbocycles. The van der Waals surface area contributed by atoms with Crippen molar-refractivity contribution in [2.45, 2.75) is 12.3 Å². The summed E-state index contributed by atoms with van der Waals surface area (Å²) in [6.07, 6.45) is 6.51. The number of allylic oxidation sites excluding steroid dienone is 3. The zero-order valence-electron chi connectivity index (χ0n) is 20.0. The zero-order chi connectivity index (χ0) is 24.7. The smallest absolute Gasteiger partial charge is 0.166 e. The van der Waals surface area contributed by atoms with Gasteiger partial charge in [-0.3, -0.25) is 4.79 Å². The summed E-state index contributed by atoms with van der Waals surface area (Å²) < 4.78 is 39.3. The fourth-order valence-electron chi connectivity index (χ4n) is 4.46. The van der Waals surface area contributed by atoms with Gasteiger partial charge in [-0.15, -0.1) is 0 Å². The van der Waals surface area contributed by atoms with Gasteiger partial charge in [0.25, 0.3) is 0 Å². The van der Waals surface area contributed by atoms with Crippen molar-refractivity contribution in [1.82, 2.24) is 14.7 Å². The number of rotatable bonds is 13. The zero-order valence-corrected chi connectivity index (χ0v) is 20.0. The summed E-state index contributed by atoms with van der Waals surface area (Å²) in [5.41, 5.74) is 0.547. The predicted molar refractivity (Wildman–Crippen MR) is 125 cm³/mol. The summed E-state index contributed by atoms with van der Waals surface area (Å²) in [4.78, 5) is 28.9. The van der Waals surface area contributed by atoms with Crippen molar-refractivity contribution in [3.63, 3.8) is 0 Å². The Morgan fingerprint density at radius 1 is 1.24 bits per heavy atom. The van der Waals surface area contributed by atoms with Crippen molar-refractivity contribution in [3.05, 3.63) is 53.4 Å². The maximum atomic E-state index is 14.6. The Labute approximate surface area is 199 Å². The number of halogens is 2. The molecule has 2 fully saturated rings. The van der Waals surface area contributed by atoms with E-state index in [1.807, 2.05) is 18.1 Å². The highest BCUT2D eigenvalue weighted by Gasteiger charge is 2.48. The summed E-state index contributed by atoms with van der Waals surface area (Å²) in [7, 11) is 4.94. The number of hydrogen-bond donors (Lipinski definition) is 0. The summed E-state index contributed by atoms with van der Waals surface area (Å²) in [6, 6.07) is 2.18. The van der Waals surface area contributed by atoms with Crippen molar-refractivity contribution in [3.8, 4) is 5.75 Å². The van der Waals surface area contributed by atoms with E-state index in [1.165, 1.54) is 7.11 Å². The first kappa shape index (κ1) is 25.8. The van der Waals surface area contributed by atoms with Crippen molar-refractivity contribution in [2.24, 2.45) is 5.41 Å². The van der Waals surface area contributed by atoms with E-state index < -0.39 is 17.6 Å². The second-order valence-corrected chi connectivity index (χ2v) is 9.22. The van der Waals surface area contributed by atoms with E-state index in [2.05, 4.69) is 4.90 Å². The van der Waals surface area contributed by atoms with Gasteiger partial charge in [0.1, 0.15) is 23.7 Å². The van der Waals surface area contributed by atoms with Crippen LogP contribution in [-0.2, 0) is 14.3 Å². The molecule has 1 aromatic rings. The number of likely N-dealkylation sites (tertiary alicyclic amines) is 1. The molecule has 3 rings (SSSR count). The molecule has 0 amide bonds. The van der Waals surface area contributed by atoms with Gasteiger partial charge in [0.05, 0.1) is 26.0 Å². The Morgan fingerprint density at radius 2 is 1.91 bits per heavy atom. The van der Waals surface area contributed by atoms with E-state index in [1.54, 1.807) is 24.1 Å². The first-order valence-corrected chi connectivity index (χ1v) is 11.3. The second kappa shape index (κ2) is 11.6. The molecule has 2 aliphatic rings. The number of hydrogen-bond acceptors (Lipinski definition) is 7. The first-order valence-electron chi connectivity index (χ1n) is 11.3. The topological polar surface area (TPSA) is 62.3 Å². The lowest BCUT2D eigenvalue weighted by molar-refractivity contribution is -0.188. The molecule has 2 saturated heterocycles. The third-order valence-electron chi connectivity index (χ3n) is 6.44. The van der Waals surface area contributed by atoms with E-state index in [0.29, 0.717) is 23.7 Å². The van der Waals surface area contributed by atoms with E-state index in [0.717, 1.165) is 51.5 Å². The van der Waals surface area contributed by atoms with Crippen LogP contribution in [0.1, 0.15) is 17.9 Å². The number of aldehydes is 2. The molecular formula is C25H33F2N3O4. The molecule has 1 unspecified atom stereocenters. The minimum absolute atomic E-state index is 0.0605. The molecule has 7 nitrogen and oxygen atoms in total. The average molecular weight is 478 g/mol. The Balaban J connectivity index is 1.56. The van der Waals surface area contributed by atoms with Gasteiger partial charge >= 0.3 is 0 Å². The molecule has 186 valence electrons. The van der Waals surface area contributed by atoms with Crippen molar-refractivity contribution in [1.29, 1.82) is 0 Å². The van der Waals surface area contributed by atoms with Crippen LogP contribution in [0.4, 0.5) is 8.78 Å². The van der Waals surface area contributed by atoms with Crippen LogP contribution in [0.2, 0.25) is 0 Å². The molecule has 0 N–H and O–H groups in total. The van der Waals surface area contributed by atoms with Crippen LogP contribution in [-0.4, -0.2) is 94.4 Å². The minimum atomic E-state index is -0.784. The molecule has 0 aliphatic carbocycles. The maximum absolute atomic E-state index is 14.6. The molecule has 0 saturated carbocycles. The fourth-order valence-corrected chi connectivity index (χ4v) is 4.46. The van der Waals surface area contributed by atoms with Gasteiger partial charge in [-0.25, -0.2) is 8.78 Å². The number of carbonyl (C=O) groups is 2. The van der Waals surface area contributed by atoms with Gasteiger partial charge in [-0.05, 0) is 18.4 Å². The van der Waals surface area contributed by atoms with Crippen LogP contribution in [0.5, 0.6) is 5.75 Å². The molecule has 1 spiro atoms. The van der Waals surface area contributed by atoms with Crippen LogP contribution in [0.25, 0.3) is 0 Å². The fraction of sp³-hybridized carbons (Fsp3) is 0.520. The first-order chi connectivity index (χ1) is 16.3. The van der Waals surface area contributed by atoms with E-state index >= 15 is 0 Å². The third-order valence-corrected chi connectivity index (χ3v) is 6.44. The molecule has 1 atom stereocenters. The van der Waals surface area contributed by atoms with Crippen LogP contribution in [0.3, 0.4) is 0 Å². The largest absolute Gasteiger partial charge is 0.497 e. The number of nitrogens with zero attached hydrogens (tertiary/aromatic N) is 3. The van der Waals surface area contributed by atoms with Gasteiger partial charge < -0.3 is 29.0 Å². The van der Waals surface area contributed by atoms with E-state index in [4.69, 9.17) is 9.47 Å². The molecule has 0 radical (unpaired) electrons. The SMILES string of the molecule is COc1cc(F)c(C(CC=O)CN(C)/C(C=O)=C/C=C\N(C)CCN2CC3(COC3)C2)c(F)c1. The number of benzene rings is 1.